The minimum atomic E-state index is -1.00. The summed E-state index contributed by atoms with van der Waals surface area (Å²) in [4.78, 5) is 35.0. The van der Waals surface area contributed by atoms with E-state index >= 15 is 0 Å². The van der Waals surface area contributed by atoms with E-state index in [1.165, 1.54) is 4.90 Å². The zero-order chi connectivity index (χ0) is 24.5. The van der Waals surface area contributed by atoms with Gasteiger partial charge in [-0.1, -0.05) is 42.5 Å². The highest BCUT2D eigenvalue weighted by Gasteiger charge is 2.61. The van der Waals surface area contributed by atoms with Gasteiger partial charge in [0.25, 0.3) is 5.91 Å². The number of hydrogen-bond donors (Lipinski definition) is 0. The monoisotopic (exact) mass is 474 g/mol. The summed E-state index contributed by atoms with van der Waals surface area (Å²) in [6, 6.07) is 21.3. The maximum Gasteiger partial charge on any atom is 0.266 e. The van der Waals surface area contributed by atoms with Crippen LogP contribution in [0.3, 0.4) is 0 Å². The molecule has 0 radical (unpaired) electrons. The lowest BCUT2D eigenvalue weighted by Gasteiger charge is -2.30. The van der Waals surface area contributed by atoms with E-state index in [2.05, 4.69) is 0 Å². The number of hydrogen-bond acceptors (Lipinski definition) is 7. The third-order valence-corrected chi connectivity index (χ3v) is 6.28. The van der Waals surface area contributed by atoms with E-state index in [-0.39, 0.29) is 5.91 Å². The summed E-state index contributed by atoms with van der Waals surface area (Å²) >= 11 is 0. The molecule has 0 spiro atoms. The predicted molar refractivity (Wildman–Crippen MR) is 130 cm³/mol. The third kappa shape index (κ3) is 3.66. The topological polar surface area (TPSA) is 77.5 Å². The van der Waals surface area contributed by atoms with Crippen LogP contribution >= 0.6 is 0 Å². The van der Waals surface area contributed by atoms with Gasteiger partial charge in [0.05, 0.1) is 32.2 Å². The molecule has 0 N–H and O–H groups in total. The molecule has 8 nitrogen and oxygen atoms in total. The van der Waals surface area contributed by atoms with Crippen LogP contribution in [0, 0.1) is 5.92 Å². The van der Waals surface area contributed by atoms with Gasteiger partial charge in [-0.2, -0.15) is 0 Å². The summed E-state index contributed by atoms with van der Waals surface area (Å²) in [6.07, 6.45) is -1.00. The molecular weight excluding hydrogens is 448 g/mol. The number of para-hydroxylation sites is 4. The Balaban J connectivity index is 1.64. The van der Waals surface area contributed by atoms with Crippen LogP contribution in [0.2, 0.25) is 0 Å². The van der Waals surface area contributed by atoms with E-state index in [0.717, 1.165) is 5.69 Å². The Morgan fingerprint density at radius 3 is 2.26 bits per heavy atom. The van der Waals surface area contributed by atoms with Crippen LogP contribution < -0.4 is 24.2 Å². The van der Waals surface area contributed by atoms with Gasteiger partial charge in [0, 0.05) is 5.56 Å². The molecule has 8 heteroatoms. The normalized spacial score (nSPS) is 21.3. The molecule has 0 aliphatic carbocycles. The maximum absolute atomic E-state index is 13.9. The fourth-order valence-electron chi connectivity index (χ4n) is 4.83. The number of hydroxylamine groups is 1. The van der Waals surface area contributed by atoms with E-state index in [4.69, 9.17) is 19.0 Å². The summed E-state index contributed by atoms with van der Waals surface area (Å²) in [7, 11) is 3.11. The van der Waals surface area contributed by atoms with Crippen molar-refractivity contribution in [1.29, 1.82) is 0 Å². The molecule has 180 valence electrons. The number of carbonyl (C=O) groups excluding carboxylic acids is 2. The van der Waals surface area contributed by atoms with Crippen LogP contribution in [0.1, 0.15) is 18.5 Å². The average molecular weight is 475 g/mol. The second-order valence-electron chi connectivity index (χ2n) is 8.15. The molecule has 2 aliphatic heterocycles. The number of benzene rings is 3. The second-order valence-corrected chi connectivity index (χ2v) is 8.15. The first kappa shape index (κ1) is 22.7. The number of anilines is 2. The fraction of sp³-hybridized carbons (Fsp3) is 0.259. The molecule has 2 amide bonds. The molecule has 2 aliphatic rings. The third-order valence-electron chi connectivity index (χ3n) is 6.28. The summed E-state index contributed by atoms with van der Waals surface area (Å²) < 4.78 is 16.9. The Hall–Kier alpha value is -4.04. The summed E-state index contributed by atoms with van der Waals surface area (Å²) in [5.74, 6) is -0.126. The predicted octanol–water partition coefficient (Wildman–Crippen LogP) is 4.15. The average Bonchev–Trinajstić information content (AvgIpc) is 3.40. The molecule has 35 heavy (non-hydrogen) atoms. The fourth-order valence-corrected chi connectivity index (χ4v) is 4.83. The Morgan fingerprint density at radius 1 is 0.829 bits per heavy atom. The van der Waals surface area contributed by atoms with Crippen molar-refractivity contribution in [2.24, 2.45) is 5.92 Å². The maximum atomic E-state index is 13.9. The van der Waals surface area contributed by atoms with Gasteiger partial charge in [-0.15, -0.1) is 0 Å². The molecule has 3 aromatic rings. The molecule has 0 aromatic heterocycles. The van der Waals surface area contributed by atoms with Crippen molar-refractivity contribution in [3.8, 4) is 17.2 Å². The SMILES string of the molecule is CCOc1ccccc1N1C(=O)[C@@H]2[C@H](ON(c3ccccc3)[C@@H]2c2cccc(OC)c2OC)C1=O. The van der Waals surface area contributed by atoms with Crippen LogP contribution in [0.4, 0.5) is 11.4 Å². The van der Waals surface area contributed by atoms with Gasteiger partial charge in [0.1, 0.15) is 17.7 Å². The second kappa shape index (κ2) is 9.31. The van der Waals surface area contributed by atoms with Gasteiger partial charge in [-0.25, -0.2) is 9.96 Å². The number of amides is 2. The van der Waals surface area contributed by atoms with Crippen LogP contribution in [-0.4, -0.2) is 38.7 Å². The molecular formula is C27H26N2O6. The Labute approximate surface area is 203 Å². The van der Waals surface area contributed by atoms with Gasteiger partial charge in [-0.3, -0.25) is 14.4 Å². The summed E-state index contributed by atoms with van der Waals surface area (Å²) in [5.41, 5.74) is 1.81. The first-order valence-electron chi connectivity index (χ1n) is 11.4. The zero-order valence-electron chi connectivity index (χ0n) is 19.7. The van der Waals surface area contributed by atoms with Gasteiger partial charge in [0.2, 0.25) is 5.91 Å². The van der Waals surface area contributed by atoms with Crippen LogP contribution in [0.15, 0.2) is 72.8 Å². The lowest BCUT2D eigenvalue weighted by molar-refractivity contribution is -0.126. The van der Waals surface area contributed by atoms with Crippen molar-refractivity contribution >= 4 is 23.2 Å². The first-order valence-corrected chi connectivity index (χ1v) is 11.4. The number of ether oxygens (including phenoxy) is 3. The van der Waals surface area contributed by atoms with Crippen molar-refractivity contribution in [1.82, 2.24) is 0 Å². The van der Waals surface area contributed by atoms with E-state index in [1.807, 2.05) is 49.4 Å². The molecule has 0 bridgehead atoms. The number of nitrogens with zero attached hydrogens (tertiary/aromatic N) is 2. The van der Waals surface area contributed by atoms with Crippen molar-refractivity contribution in [2.45, 2.75) is 19.1 Å². The molecule has 2 fully saturated rings. The van der Waals surface area contributed by atoms with Crippen molar-refractivity contribution in [3.05, 3.63) is 78.4 Å². The number of carbonyl (C=O) groups is 2. The minimum Gasteiger partial charge on any atom is -0.493 e. The van der Waals surface area contributed by atoms with E-state index in [0.29, 0.717) is 35.1 Å². The molecule has 0 saturated carbocycles. The number of fused-ring (bicyclic) bond motifs is 1. The molecule has 2 heterocycles. The van der Waals surface area contributed by atoms with Gasteiger partial charge >= 0.3 is 0 Å². The smallest absolute Gasteiger partial charge is 0.266 e. The number of methoxy groups -OCH3 is 2. The molecule has 3 atom stereocenters. The Bertz CT molecular complexity index is 1250. The van der Waals surface area contributed by atoms with Crippen molar-refractivity contribution in [2.75, 3.05) is 30.8 Å². The number of imide groups is 1. The van der Waals surface area contributed by atoms with E-state index in [1.54, 1.807) is 49.6 Å². The lowest BCUT2D eigenvalue weighted by Crippen LogP contribution is -2.37. The molecule has 0 unspecified atom stereocenters. The highest BCUT2D eigenvalue weighted by molar-refractivity contribution is 6.24. The quantitative estimate of drug-likeness (QED) is 0.476. The largest absolute Gasteiger partial charge is 0.493 e. The molecule has 3 aromatic carbocycles. The minimum absolute atomic E-state index is 0.361. The van der Waals surface area contributed by atoms with Crippen LogP contribution in [0.25, 0.3) is 0 Å². The summed E-state index contributed by atoms with van der Waals surface area (Å²) in [6.45, 7) is 2.26. The zero-order valence-corrected chi connectivity index (χ0v) is 19.7. The lowest BCUT2D eigenvalue weighted by atomic mass is 9.89. The van der Waals surface area contributed by atoms with Crippen LogP contribution in [-0.2, 0) is 14.4 Å². The van der Waals surface area contributed by atoms with Crippen LogP contribution in [0.5, 0.6) is 17.2 Å². The van der Waals surface area contributed by atoms with Crippen molar-refractivity contribution in [3.63, 3.8) is 0 Å². The van der Waals surface area contributed by atoms with Gasteiger partial charge in [0.15, 0.2) is 17.6 Å². The van der Waals surface area contributed by atoms with Gasteiger partial charge < -0.3 is 14.2 Å². The van der Waals surface area contributed by atoms with Crippen molar-refractivity contribution < 1.29 is 28.6 Å². The Morgan fingerprint density at radius 2 is 1.54 bits per heavy atom. The molecule has 2 saturated heterocycles. The Kier molecular flexibility index (Phi) is 6.05. The molecule has 5 rings (SSSR count). The van der Waals surface area contributed by atoms with Gasteiger partial charge in [-0.05, 0) is 37.3 Å². The number of rotatable bonds is 7. The van der Waals surface area contributed by atoms with E-state index < -0.39 is 24.0 Å². The highest BCUT2D eigenvalue weighted by atomic mass is 16.7. The highest BCUT2D eigenvalue weighted by Crippen LogP contribution is 2.51. The summed E-state index contributed by atoms with van der Waals surface area (Å²) in [5, 5.41) is 1.63. The standard InChI is InChI=1S/C27H26N2O6/c1-4-34-20-15-9-8-14-19(20)28-26(30)22-23(18-13-10-16-21(32-2)24(18)33-3)29(35-25(22)27(28)31)17-11-6-5-7-12-17/h5-16,22-23,25H,4H2,1-3H3/t22-,23+,25-/m0/s1. The first-order chi connectivity index (χ1) is 17.1. The van der Waals surface area contributed by atoms with E-state index in [9.17, 15) is 9.59 Å².